The van der Waals surface area contributed by atoms with E-state index >= 15 is 0 Å². The number of aromatic nitrogens is 3. The van der Waals surface area contributed by atoms with Crippen molar-refractivity contribution in [2.24, 2.45) is 0 Å². The van der Waals surface area contributed by atoms with Crippen molar-refractivity contribution >= 4 is 44.9 Å². The van der Waals surface area contributed by atoms with Gasteiger partial charge in [0.2, 0.25) is 5.78 Å². The molecule has 1 aliphatic rings. The molecule has 0 aliphatic carbocycles. The van der Waals surface area contributed by atoms with Crippen LogP contribution in [0.1, 0.15) is 48.5 Å². The standard InChI is InChI=1S/C34H35N5/c1-21-16-17-24(34(4,5)6)20-29(21)37-23(3)36(7)31-27(37)18-19-28-32(31)39-26-15-11-12-22(2)30(26)35-33(39)38(28)25-13-9-8-10-14-25/h8-20,23H,1-7H3/t23-/m0/s1/i7D3. The van der Waals surface area contributed by atoms with Crippen LogP contribution in [0.15, 0.2) is 78.9 Å². The van der Waals surface area contributed by atoms with Crippen LogP contribution in [-0.4, -0.2) is 27.1 Å². The number of hydrogen-bond donors (Lipinski definition) is 0. The van der Waals surface area contributed by atoms with Gasteiger partial charge >= 0.3 is 0 Å². The summed E-state index contributed by atoms with van der Waals surface area (Å²) >= 11 is 0. The lowest BCUT2D eigenvalue weighted by molar-refractivity contribution is 0.589. The zero-order chi connectivity index (χ0) is 29.7. The van der Waals surface area contributed by atoms with Crippen LogP contribution in [0.3, 0.4) is 0 Å². The Labute approximate surface area is 234 Å². The van der Waals surface area contributed by atoms with Crippen molar-refractivity contribution in [1.82, 2.24) is 14.0 Å². The third-order valence-electron chi connectivity index (χ3n) is 8.24. The topological polar surface area (TPSA) is 28.7 Å². The van der Waals surface area contributed by atoms with Crippen LogP contribution in [0.25, 0.3) is 33.5 Å². The van der Waals surface area contributed by atoms with E-state index in [1.54, 1.807) is 4.90 Å². The minimum atomic E-state index is -2.37. The number of anilines is 3. The Kier molecular flexibility index (Phi) is 4.31. The maximum Gasteiger partial charge on any atom is 0.220 e. The summed E-state index contributed by atoms with van der Waals surface area (Å²) in [7, 11) is 0. The molecule has 1 aliphatic heterocycles. The number of rotatable bonds is 2. The first-order valence-electron chi connectivity index (χ1n) is 15.1. The maximum atomic E-state index is 8.75. The van der Waals surface area contributed by atoms with Gasteiger partial charge in [0.25, 0.3) is 0 Å². The van der Waals surface area contributed by atoms with E-state index in [0.29, 0.717) is 5.69 Å². The van der Waals surface area contributed by atoms with Crippen LogP contribution in [0.5, 0.6) is 0 Å². The number of fused-ring (bicyclic) bond motifs is 7. The lowest BCUT2D eigenvalue weighted by Crippen LogP contribution is -2.36. The van der Waals surface area contributed by atoms with E-state index < -0.39 is 13.1 Å². The molecule has 0 saturated heterocycles. The number of nitrogens with zero attached hydrogens (tertiary/aromatic N) is 5. The molecular formula is C34H35N5. The molecule has 0 saturated carbocycles. The molecule has 6 aromatic rings. The van der Waals surface area contributed by atoms with E-state index in [0.717, 1.165) is 56.0 Å². The first kappa shape index (κ1) is 20.7. The summed E-state index contributed by atoms with van der Waals surface area (Å²) in [4.78, 5) is 8.95. The van der Waals surface area contributed by atoms with Gasteiger partial charge in [-0.05, 0) is 79.3 Å². The highest BCUT2D eigenvalue weighted by molar-refractivity contribution is 6.06. The highest BCUT2D eigenvalue weighted by atomic mass is 15.4. The molecule has 0 amide bonds. The zero-order valence-electron chi connectivity index (χ0n) is 26.3. The van der Waals surface area contributed by atoms with Crippen LogP contribution in [0.4, 0.5) is 17.1 Å². The SMILES string of the molecule is [2H]C([2H])([2H])N1c2c(ccc3c2n2c4cccc(C)c4nc2n3-c2ccccc2)N(c2cc(C(C)(C)C)ccc2C)[C@H]1C. The Morgan fingerprint density at radius 3 is 2.36 bits per heavy atom. The number of para-hydroxylation sites is 2. The van der Waals surface area contributed by atoms with Crippen molar-refractivity contribution < 1.29 is 4.11 Å². The molecule has 0 fully saturated rings. The maximum absolute atomic E-state index is 8.75. The van der Waals surface area contributed by atoms with Crippen LogP contribution in [0, 0.1) is 13.8 Å². The average Bonchev–Trinajstić information content (AvgIpc) is 3.55. The zero-order valence-corrected chi connectivity index (χ0v) is 23.3. The fourth-order valence-electron chi connectivity index (χ4n) is 6.10. The summed E-state index contributed by atoms with van der Waals surface area (Å²) in [6, 6.07) is 27.1. The second kappa shape index (κ2) is 8.12. The van der Waals surface area contributed by atoms with Crippen molar-refractivity contribution in [2.75, 3.05) is 16.8 Å². The number of imidazole rings is 2. The Morgan fingerprint density at radius 1 is 0.821 bits per heavy atom. The minimum absolute atomic E-state index is 0.0471. The summed E-state index contributed by atoms with van der Waals surface area (Å²) in [6.07, 6.45) is -0.446. The van der Waals surface area contributed by atoms with Gasteiger partial charge in [0.05, 0.1) is 33.4 Å². The van der Waals surface area contributed by atoms with Crippen LogP contribution >= 0.6 is 0 Å². The molecular weight excluding hydrogens is 478 g/mol. The van der Waals surface area contributed by atoms with Gasteiger partial charge in [0.1, 0.15) is 6.17 Å². The first-order chi connectivity index (χ1) is 19.9. The fourth-order valence-corrected chi connectivity index (χ4v) is 6.10. The Hall–Kier alpha value is -4.25. The van der Waals surface area contributed by atoms with Gasteiger partial charge in [-0.2, -0.15) is 0 Å². The van der Waals surface area contributed by atoms with Crippen molar-refractivity contribution in [3.05, 3.63) is 95.6 Å². The van der Waals surface area contributed by atoms with E-state index in [9.17, 15) is 0 Å². The molecule has 5 nitrogen and oxygen atoms in total. The van der Waals surface area contributed by atoms with Crippen molar-refractivity contribution in [1.29, 1.82) is 0 Å². The molecule has 196 valence electrons. The van der Waals surface area contributed by atoms with Crippen LogP contribution in [-0.2, 0) is 5.41 Å². The monoisotopic (exact) mass is 516 g/mol. The van der Waals surface area contributed by atoms with Gasteiger partial charge < -0.3 is 9.80 Å². The smallest absolute Gasteiger partial charge is 0.220 e. The van der Waals surface area contributed by atoms with Crippen LogP contribution < -0.4 is 9.80 Å². The molecule has 3 heterocycles. The van der Waals surface area contributed by atoms with Crippen molar-refractivity contribution in [3.8, 4) is 5.69 Å². The number of benzene rings is 4. The first-order valence-corrected chi connectivity index (χ1v) is 13.6. The minimum Gasteiger partial charge on any atom is -0.351 e. The Bertz CT molecular complexity index is 2010. The molecule has 0 unspecified atom stereocenters. The van der Waals surface area contributed by atoms with Gasteiger partial charge in [0.15, 0.2) is 0 Å². The van der Waals surface area contributed by atoms with E-state index in [1.165, 1.54) is 5.56 Å². The summed E-state index contributed by atoms with van der Waals surface area (Å²) in [5.74, 6) is 0.761. The predicted molar refractivity (Wildman–Crippen MR) is 164 cm³/mol. The molecule has 0 N–H and O–H groups in total. The third kappa shape index (κ3) is 3.29. The number of aryl methyl sites for hydroxylation is 2. The Morgan fingerprint density at radius 2 is 1.62 bits per heavy atom. The normalized spacial score (nSPS) is 17.2. The summed E-state index contributed by atoms with van der Waals surface area (Å²) in [5.41, 5.74) is 10.5. The highest BCUT2D eigenvalue weighted by Gasteiger charge is 2.36. The predicted octanol–water partition coefficient (Wildman–Crippen LogP) is 8.28. The lowest BCUT2D eigenvalue weighted by Gasteiger charge is -2.30. The van der Waals surface area contributed by atoms with Crippen LogP contribution in [0.2, 0.25) is 0 Å². The average molecular weight is 517 g/mol. The molecule has 2 aromatic heterocycles. The largest absolute Gasteiger partial charge is 0.351 e. The summed E-state index contributed by atoms with van der Waals surface area (Å²) in [6.45, 7) is 10.4. The van der Waals surface area contributed by atoms with E-state index in [2.05, 4.69) is 103 Å². The van der Waals surface area contributed by atoms with Gasteiger partial charge in [-0.1, -0.05) is 63.2 Å². The molecule has 0 spiro atoms. The van der Waals surface area contributed by atoms with E-state index in [-0.39, 0.29) is 5.41 Å². The third-order valence-corrected chi connectivity index (χ3v) is 8.24. The number of hydrogen-bond acceptors (Lipinski definition) is 3. The second-order valence-corrected chi connectivity index (χ2v) is 11.8. The molecule has 5 heteroatoms. The molecule has 0 bridgehead atoms. The quantitative estimate of drug-likeness (QED) is 0.232. The van der Waals surface area contributed by atoms with Gasteiger partial charge in [-0.15, -0.1) is 0 Å². The molecule has 39 heavy (non-hydrogen) atoms. The van der Waals surface area contributed by atoms with E-state index in [1.807, 2.05) is 31.2 Å². The van der Waals surface area contributed by atoms with Gasteiger partial charge in [0, 0.05) is 22.5 Å². The fraction of sp³-hybridized carbons (Fsp3) is 0.265. The summed E-state index contributed by atoms with van der Waals surface area (Å²) in [5, 5.41) is 0. The van der Waals surface area contributed by atoms with E-state index in [4.69, 9.17) is 9.10 Å². The molecule has 4 aromatic carbocycles. The van der Waals surface area contributed by atoms with Gasteiger partial charge in [-0.25, -0.2) is 4.98 Å². The second-order valence-electron chi connectivity index (χ2n) is 11.8. The summed E-state index contributed by atoms with van der Waals surface area (Å²) < 4.78 is 30.6. The molecule has 0 radical (unpaired) electrons. The molecule has 7 rings (SSSR count). The van der Waals surface area contributed by atoms with Crippen molar-refractivity contribution in [3.63, 3.8) is 0 Å². The molecule has 1 atom stereocenters. The Balaban J connectivity index is 1.64. The van der Waals surface area contributed by atoms with Gasteiger partial charge in [-0.3, -0.25) is 8.97 Å². The lowest BCUT2D eigenvalue weighted by atomic mass is 9.86. The highest BCUT2D eigenvalue weighted by Crippen LogP contribution is 2.49. The van der Waals surface area contributed by atoms with Crippen molar-refractivity contribution in [2.45, 2.75) is 53.1 Å².